The van der Waals surface area contributed by atoms with Crippen molar-refractivity contribution in [3.05, 3.63) is 76.9 Å². The van der Waals surface area contributed by atoms with E-state index in [1.54, 1.807) is 6.07 Å². The number of amides is 3. The second-order valence-electron chi connectivity index (χ2n) is 8.10. The normalized spacial score (nSPS) is 24.7. The van der Waals surface area contributed by atoms with Crippen molar-refractivity contribution in [2.45, 2.75) is 38.5 Å². The van der Waals surface area contributed by atoms with Crippen LogP contribution in [0.5, 0.6) is 5.75 Å². The minimum Gasteiger partial charge on any atom is -0.489 e. The molecule has 2 aromatic rings. The Kier molecular flexibility index (Phi) is 4.18. The van der Waals surface area contributed by atoms with E-state index in [1.165, 1.54) is 17.0 Å². The lowest BCUT2D eigenvalue weighted by Gasteiger charge is -2.31. The van der Waals surface area contributed by atoms with Crippen molar-refractivity contribution in [3.8, 4) is 5.75 Å². The molecule has 1 N–H and O–H groups in total. The minimum absolute atomic E-state index is 0.0309. The molecule has 0 radical (unpaired) electrons. The predicted molar refractivity (Wildman–Crippen MR) is 124 cm³/mol. The first-order valence-electron chi connectivity index (χ1n) is 14.4. The molecule has 2 aromatic carbocycles. The number of hydrogen-bond acceptors (Lipinski definition) is 5. The standard InChI is InChI=1S/C26H27N3O5/c1-17-5-10-22(25(31)27-17)29-14-21-20(26(29)32)3-2-4-23(21)34-15-19-8-6-18(7-9-19)13-28-11-12-33-16-24(28)30/h2-4,6-9,22H,1,5,10-16H2,(H,27,31)/i6D,7D,8D,9D,13D2,15D. The molecule has 3 amide bonds. The zero-order valence-corrected chi connectivity index (χ0v) is 18.3. The molecule has 3 aliphatic rings. The number of morpholine rings is 1. The van der Waals surface area contributed by atoms with Gasteiger partial charge in [-0.1, -0.05) is 36.8 Å². The monoisotopic (exact) mass is 468 g/mol. The summed E-state index contributed by atoms with van der Waals surface area (Å²) in [5, 5.41) is 2.66. The van der Waals surface area contributed by atoms with Crippen molar-refractivity contribution in [2.75, 3.05) is 19.8 Å². The lowest BCUT2D eigenvalue weighted by Crippen LogP contribution is -2.49. The summed E-state index contributed by atoms with van der Waals surface area (Å²) in [5.41, 5.74) is 0.212. The molecule has 0 saturated carbocycles. The van der Waals surface area contributed by atoms with Gasteiger partial charge in [0.2, 0.25) is 11.8 Å². The second-order valence-corrected chi connectivity index (χ2v) is 8.10. The van der Waals surface area contributed by atoms with Crippen LogP contribution < -0.4 is 10.1 Å². The first-order chi connectivity index (χ1) is 19.3. The molecule has 2 fully saturated rings. The Morgan fingerprint density at radius 3 is 2.76 bits per heavy atom. The van der Waals surface area contributed by atoms with Gasteiger partial charge in [0.05, 0.1) is 22.7 Å². The largest absolute Gasteiger partial charge is 0.489 e. The molecule has 8 heteroatoms. The Labute approximate surface area is 208 Å². The van der Waals surface area contributed by atoms with Gasteiger partial charge in [0, 0.05) is 29.9 Å². The first-order valence-corrected chi connectivity index (χ1v) is 10.8. The quantitative estimate of drug-likeness (QED) is 0.703. The summed E-state index contributed by atoms with van der Waals surface area (Å²) < 4.78 is 70.4. The number of nitrogens with one attached hydrogen (secondary N) is 1. The molecule has 0 spiro atoms. The Morgan fingerprint density at radius 2 is 2.00 bits per heavy atom. The van der Waals surface area contributed by atoms with Gasteiger partial charge in [0.15, 0.2) is 0 Å². The third-order valence-electron chi connectivity index (χ3n) is 5.83. The third-order valence-corrected chi connectivity index (χ3v) is 5.83. The fourth-order valence-corrected chi connectivity index (χ4v) is 4.08. The summed E-state index contributed by atoms with van der Waals surface area (Å²) in [5.74, 6) is -1.31. The Bertz CT molecular complexity index is 1450. The maximum Gasteiger partial charge on any atom is 0.255 e. The van der Waals surface area contributed by atoms with E-state index in [2.05, 4.69) is 11.9 Å². The highest BCUT2D eigenvalue weighted by Crippen LogP contribution is 2.34. The Balaban J connectivity index is 1.45. The van der Waals surface area contributed by atoms with Crippen molar-refractivity contribution in [1.29, 1.82) is 0 Å². The second kappa shape index (κ2) is 9.30. The van der Waals surface area contributed by atoms with Crippen LogP contribution in [0.4, 0.5) is 0 Å². The van der Waals surface area contributed by atoms with Crippen LogP contribution in [0.3, 0.4) is 0 Å². The van der Waals surface area contributed by atoms with Crippen LogP contribution >= 0.6 is 0 Å². The number of nitrogens with zero attached hydrogens (tertiary/aromatic N) is 2. The molecule has 0 aromatic heterocycles. The van der Waals surface area contributed by atoms with Crippen LogP contribution in [0.1, 0.15) is 49.5 Å². The molecule has 176 valence electrons. The molecule has 5 rings (SSSR count). The zero-order valence-electron chi connectivity index (χ0n) is 25.3. The van der Waals surface area contributed by atoms with Crippen molar-refractivity contribution in [3.63, 3.8) is 0 Å². The molecule has 3 aliphatic heterocycles. The molecule has 3 heterocycles. The van der Waals surface area contributed by atoms with Crippen molar-refractivity contribution < 1.29 is 33.5 Å². The summed E-state index contributed by atoms with van der Waals surface area (Å²) in [7, 11) is 0. The zero-order chi connectivity index (χ0) is 29.8. The molecule has 2 unspecified atom stereocenters. The number of benzene rings is 2. The number of rotatable bonds is 6. The van der Waals surface area contributed by atoms with Crippen LogP contribution in [-0.4, -0.2) is 53.3 Å². The lowest BCUT2D eigenvalue weighted by molar-refractivity contribution is -0.143. The maximum atomic E-state index is 13.2. The molecule has 2 atom stereocenters. The number of allylic oxidation sites excluding steroid dienone is 1. The summed E-state index contributed by atoms with van der Waals surface area (Å²) in [4.78, 5) is 40.2. The summed E-state index contributed by atoms with van der Waals surface area (Å²) in [6, 6.07) is 1.06. The highest BCUT2D eigenvalue weighted by molar-refractivity contribution is 6.02. The van der Waals surface area contributed by atoms with E-state index >= 15 is 0 Å². The fourth-order valence-electron chi connectivity index (χ4n) is 4.08. The minimum atomic E-state index is -2.67. The van der Waals surface area contributed by atoms with Crippen LogP contribution in [0, 0.1) is 0 Å². The van der Waals surface area contributed by atoms with Gasteiger partial charge in [-0.05, 0) is 36.1 Å². The fraction of sp³-hybridized carbons (Fsp3) is 0.346. The highest BCUT2D eigenvalue weighted by Gasteiger charge is 2.39. The van der Waals surface area contributed by atoms with Crippen molar-refractivity contribution >= 4 is 17.7 Å². The third kappa shape index (κ3) is 4.41. The molecular weight excluding hydrogens is 434 g/mol. The van der Waals surface area contributed by atoms with E-state index in [4.69, 9.17) is 19.1 Å². The lowest BCUT2D eigenvalue weighted by atomic mass is 10.0. The molecule has 0 aliphatic carbocycles. The molecular formula is C26H27N3O5. The number of hydrogen-bond donors (Lipinski definition) is 1. The van der Waals surface area contributed by atoms with E-state index in [0.29, 0.717) is 24.1 Å². The summed E-state index contributed by atoms with van der Waals surface area (Å²) in [6.07, 6.45) is 0.923. The number of fused-ring (bicyclic) bond motifs is 1. The van der Waals surface area contributed by atoms with Gasteiger partial charge >= 0.3 is 0 Å². The first kappa shape index (κ1) is 15.3. The SMILES string of the molecule is [2H]c1c([2H])c(C([2H])([2H])N2CCOCC2=O)c([2H])c([2H])c1C([2H])Oc1cccc2c1CN(C1CCC(=C)NC1=O)C2=O. The van der Waals surface area contributed by atoms with Crippen LogP contribution in [0.2, 0.25) is 0 Å². The van der Waals surface area contributed by atoms with E-state index in [9.17, 15) is 14.4 Å². The summed E-state index contributed by atoms with van der Waals surface area (Å²) in [6.45, 7) is -1.11. The van der Waals surface area contributed by atoms with E-state index in [-0.39, 0.29) is 49.4 Å². The number of carbonyl (C=O) groups is 3. The van der Waals surface area contributed by atoms with Crippen molar-refractivity contribution in [1.82, 2.24) is 15.1 Å². The Hall–Kier alpha value is -3.65. The van der Waals surface area contributed by atoms with Gasteiger partial charge in [-0.15, -0.1) is 0 Å². The Morgan fingerprint density at radius 1 is 1.21 bits per heavy atom. The average Bonchev–Trinajstić information content (AvgIpc) is 3.25. The molecule has 2 saturated heterocycles. The average molecular weight is 469 g/mol. The van der Waals surface area contributed by atoms with Crippen LogP contribution in [-0.2, 0) is 34.0 Å². The van der Waals surface area contributed by atoms with Gasteiger partial charge < -0.3 is 24.6 Å². The van der Waals surface area contributed by atoms with E-state index in [0.717, 1.165) is 4.90 Å². The smallest absolute Gasteiger partial charge is 0.255 e. The van der Waals surface area contributed by atoms with Crippen LogP contribution in [0.25, 0.3) is 0 Å². The summed E-state index contributed by atoms with van der Waals surface area (Å²) >= 11 is 0. The number of carbonyl (C=O) groups excluding carboxylic acids is 3. The molecule has 8 nitrogen and oxygen atoms in total. The van der Waals surface area contributed by atoms with Gasteiger partial charge in [0.1, 0.15) is 25.0 Å². The van der Waals surface area contributed by atoms with Gasteiger partial charge in [-0.3, -0.25) is 14.4 Å². The van der Waals surface area contributed by atoms with E-state index in [1.807, 2.05) is 0 Å². The molecule has 34 heavy (non-hydrogen) atoms. The number of piperidine rings is 1. The van der Waals surface area contributed by atoms with E-state index < -0.39 is 60.3 Å². The predicted octanol–water partition coefficient (Wildman–Crippen LogP) is 2.37. The topological polar surface area (TPSA) is 88.2 Å². The van der Waals surface area contributed by atoms with Gasteiger partial charge in [-0.25, -0.2) is 0 Å². The van der Waals surface area contributed by atoms with Crippen LogP contribution in [0.15, 0.2) is 54.6 Å². The van der Waals surface area contributed by atoms with Crippen molar-refractivity contribution in [2.24, 2.45) is 0 Å². The van der Waals surface area contributed by atoms with Gasteiger partial charge in [-0.2, -0.15) is 0 Å². The molecule has 0 bridgehead atoms. The highest BCUT2D eigenvalue weighted by atomic mass is 16.5. The number of ether oxygens (including phenoxy) is 2. The maximum absolute atomic E-state index is 13.2. The van der Waals surface area contributed by atoms with Gasteiger partial charge in [0.25, 0.3) is 5.91 Å².